The van der Waals surface area contributed by atoms with Gasteiger partial charge in [0.05, 0.1) is 11.5 Å². The zero-order valence-electron chi connectivity index (χ0n) is 12.5. The molecule has 0 bridgehead atoms. The first-order valence-corrected chi connectivity index (χ1v) is 8.07. The van der Waals surface area contributed by atoms with Gasteiger partial charge in [0, 0.05) is 0 Å². The first kappa shape index (κ1) is 18.7. The molecular weight excluding hydrogens is 286 g/mol. The first-order chi connectivity index (χ1) is 8.82. The maximum Gasteiger partial charge on any atom is 0.408 e. The maximum atomic E-state index is 11.8. The summed E-state index contributed by atoms with van der Waals surface area (Å²) in [4.78, 5) is 22.5. The van der Waals surface area contributed by atoms with Crippen LogP contribution in [0.2, 0.25) is 0 Å². The van der Waals surface area contributed by atoms with E-state index in [-0.39, 0.29) is 11.7 Å². The molecule has 0 aromatic heterocycles. The number of carbonyl (C=O) groups excluding carboxylic acids is 1. The number of carboxylic acids is 1. The third-order valence-corrected chi connectivity index (χ3v) is 4.01. The van der Waals surface area contributed by atoms with Crippen LogP contribution >= 0.6 is 0 Å². The third kappa shape index (κ3) is 8.73. The van der Waals surface area contributed by atoms with Gasteiger partial charge in [0.15, 0.2) is 9.84 Å². The van der Waals surface area contributed by atoms with Gasteiger partial charge in [0.2, 0.25) is 0 Å². The van der Waals surface area contributed by atoms with Gasteiger partial charge >= 0.3 is 12.1 Å². The molecule has 1 amide bonds. The number of sulfone groups is 1. The van der Waals surface area contributed by atoms with Crippen molar-refractivity contribution in [3.05, 3.63) is 0 Å². The van der Waals surface area contributed by atoms with Gasteiger partial charge in [-0.3, -0.25) is 0 Å². The van der Waals surface area contributed by atoms with Crippen molar-refractivity contribution in [3.8, 4) is 0 Å². The van der Waals surface area contributed by atoms with Gasteiger partial charge < -0.3 is 15.2 Å². The van der Waals surface area contributed by atoms with Crippen LogP contribution in [-0.2, 0) is 19.4 Å². The molecule has 1 atom stereocenters. The molecule has 0 spiro atoms. The predicted octanol–water partition coefficient (Wildman–Crippen LogP) is 1.04. The van der Waals surface area contributed by atoms with Gasteiger partial charge in [0.25, 0.3) is 0 Å². The van der Waals surface area contributed by atoms with Crippen LogP contribution in [0.4, 0.5) is 4.79 Å². The summed E-state index contributed by atoms with van der Waals surface area (Å²) < 4.78 is 28.4. The van der Waals surface area contributed by atoms with Crippen LogP contribution in [0.25, 0.3) is 0 Å². The molecule has 0 radical (unpaired) electrons. The minimum absolute atomic E-state index is 0.115. The molecule has 20 heavy (non-hydrogen) atoms. The molecule has 0 saturated heterocycles. The van der Waals surface area contributed by atoms with E-state index in [1.54, 1.807) is 34.6 Å². The second-order valence-corrected chi connectivity index (χ2v) is 8.16. The Bertz CT molecular complexity index is 449. The Morgan fingerprint density at radius 2 is 1.70 bits per heavy atom. The van der Waals surface area contributed by atoms with Crippen LogP contribution in [0.5, 0.6) is 0 Å². The van der Waals surface area contributed by atoms with Crippen molar-refractivity contribution in [2.45, 2.75) is 46.3 Å². The number of aliphatic carboxylic acids is 1. The summed E-state index contributed by atoms with van der Waals surface area (Å²) in [6, 6.07) is -1.52. The highest BCUT2D eigenvalue weighted by molar-refractivity contribution is 7.91. The van der Waals surface area contributed by atoms with E-state index in [0.29, 0.717) is 0 Å². The second kappa shape index (κ2) is 6.92. The highest BCUT2D eigenvalue weighted by Crippen LogP contribution is 2.08. The molecule has 0 aliphatic carbocycles. The molecule has 0 aromatic rings. The Morgan fingerprint density at radius 1 is 1.20 bits per heavy atom. The normalized spacial score (nSPS) is 13.9. The monoisotopic (exact) mass is 309 g/mol. The minimum Gasteiger partial charge on any atom is -0.480 e. The lowest BCUT2D eigenvalue weighted by Gasteiger charge is -2.22. The SMILES string of the molecule is CC(C)CS(=O)(=O)CC(NC(=O)OC(C)(C)C)C(=O)O. The second-order valence-electron chi connectivity index (χ2n) is 6.01. The van der Waals surface area contributed by atoms with Gasteiger partial charge in [-0.2, -0.15) is 0 Å². The van der Waals surface area contributed by atoms with Crippen LogP contribution in [-0.4, -0.2) is 48.7 Å². The average Bonchev–Trinajstić information content (AvgIpc) is 2.09. The van der Waals surface area contributed by atoms with Crippen LogP contribution < -0.4 is 5.32 Å². The molecule has 0 saturated carbocycles. The van der Waals surface area contributed by atoms with Gasteiger partial charge in [-0.1, -0.05) is 13.8 Å². The number of rotatable bonds is 6. The fourth-order valence-corrected chi connectivity index (χ4v) is 3.34. The number of amides is 1. The fraction of sp³-hybridized carbons (Fsp3) is 0.833. The molecule has 0 aliphatic heterocycles. The number of carboxylic acid groups (broad SMARTS) is 1. The fourth-order valence-electron chi connectivity index (χ4n) is 1.45. The van der Waals surface area contributed by atoms with Gasteiger partial charge in [0.1, 0.15) is 11.6 Å². The summed E-state index contributed by atoms with van der Waals surface area (Å²) in [5, 5.41) is 11.0. The summed E-state index contributed by atoms with van der Waals surface area (Å²) >= 11 is 0. The van der Waals surface area contributed by atoms with Crippen LogP contribution in [0.15, 0.2) is 0 Å². The number of ether oxygens (including phenoxy) is 1. The van der Waals surface area contributed by atoms with E-state index in [1.165, 1.54) is 0 Å². The number of carbonyl (C=O) groups is 2. The lowest BCUT2D eigenvalue weighted by Crippen LogP contribution is -2.47. The van der Waals surface area contributed by atoms with E-state index < -0.39 is 39.3 Å². The lowest BCUT2D eigenvalue weighted by atomic mass is 10.2. The topological polar surface area (TPSA) is 110 Å². The minimum atomic E-state index is -3.57. The maximum absolute atomic E-state index is 11.8. The summed E-state index contributed by atoms with van der Waals surface area (Å²) in [7, 11) is -3.57. The first-order valence-electron chi connectivity index (χ1n) is 6.25. The van der Waals surface area contributed by atoms with Crippen molar-refractivity contribution in [1.29, 1.82) is 0 Å². The van der Waals surface area contributed by atoms with Crippen LogP contribution in [0.1, 0.15) is 34.6 Å². The Kier molecular flexibility index (Phi) is 6.46. The summed E-state index contributed by atoms with van der Waals surface area (Å²) in [6.45, 7) is 8.30. The molecule has 7 nitrogen and oxygen atoms in total. The molecular formula is C12H23NO6S. The van der Waals surface area contributed by atoms with Gasteiger partial charge in [-0.25, -0.2) is 18.0 Å². The van der Waals surface area contributed by atoms with Crippen LogP contribution in [0, 0.1) is 5.92 Å². The Balaban J connectivity index is 4.76. The standard InChI is InChI=1S/C12H23NO6S/c1-8(2)6-20(17,18)7-9(10(14)15)13-11(16)19-12(3,4)5/h8-9H,6-7H2,1-5H3,(H,13,16)(H,14,15). The van der Waals surface area contributed by atoms with Gasteiger partial charge in [-0.15, -0.1) is 0 Å². The van der Waals surface area contributed by atoms with Crippen molar-refractivity contribution >= 4 is 21.9 Å². The van der Waals surface area contributed by atoms with E-state index in [9.17, 15) is 18.0 Å². The quantitative estimate of drug-likeness (QED) is 0.758. The number of alkyl carbamates (subject to hydrolysis) is 1. The molecule has 0 aliphatic rings. The van der Waals surface area contributed by atoms with E-state index >= 15 is 0 Å². The van der Waals surface area contributed by atoms with E-state index in [0.717, 1.165) is 0 Å². The molecule has 0 fully saturated rings. The smallest absolute Gasteiger partial charge is 0.408 e. The zero-order valence-corrected chi connectivity index (χ0v) is 13.3. The molecule has 118 valence electrons. The van der Waals surface area contributed by atoms with Crippen molar-refractivity contribution in [2.75, 3.05) is 11.5 Å². The summed E-state index contributed by atoms with van der Waals surface area (Å²) in [5.41, 5.74) is -0.788. The Labute approximate surface area is 119 Å². The molecule has 0 rings (SSSR count). The summed E-state index contributed by atoms with van der Waals surface area (Å²) in [6.07, 6.45) is -0.954. The molecule has 0 aromatic carbocycles. The van der Waals surface area contributed by atoms with Crippen LogP contribution in [0.3, 0.4) is 0 Å². The molecule has 8 heteroatoms. The Hall–Kier alpha value is -1.31. The Morgan fingerprint density at radius 3 is 2.05 bits per heavy atom. The predicted molar refractivity (Wildman–Crippen MR) is 74.3 cm³/mol. The number of nitrogens with one attached hydrogen (secondary N) is 1. The lowest BCUT2D eigenvalue weighted by molar-refractivity contribution is -0.138. The highest BCUT2D eigenvalue weighted by atomic mass is 32.2. The van der Waals surface area contributed by atoms with Crippen molar-refractivity contribution in [1.82, 2.24) is 5.32 Å². The van der Waals surface area contributed by atoms with Gasteiger partial charge in [-0.05, 0) is 26.7 Å². The van der Waals surface area contributed by atoms with Crippen molar-refractivity contribution < 1.29 is 27.9 Å². The number of hydrogen-bond donors (Lipinski definition) is 2. The van der Waals surface area contributed by atoms with E-state index in [2.05, 4.69) is 5.32 Å². The third-order valence-electron chi connectivity index (χ3n) is 2.00. The number of hydrogen-bond acceptors (Lipinski definition) is 5. The van der Waals surface area contributed by atoms with Crippen molar-refractivity contribution in [2.24, 2.45) is 5.92 Å². The zero-order chi connectivity index (χ0) is 16.1. The molecule has 0 heterocycles. The largest absolute Gasteiger partial charge is 0.480 e. The van der Waals surface area contributed by atoms with E-state index in [4.69, 9.17) is 9.84 Å². The average molecular weight is 309 g/mol. The highest BCUT2D eigenvalue weighted by Gasteiger charge is 2.29. The van der Waals surface area contributed by atoms with Crippen molar-refractivity contribution in [3.63, 3.8) is 0 Å². The van der Waals surface area contributed by atoms with E-state index in [1.807, 2.05) is 0 Å². The molecule has 1 unspecified atom stereocenters. The summed E-state index contributed by atoms with van der Waals surface area (Å²) in [5.74, 6) is -2.31. The molecule has 2 N–H and O–H groups in total.